The lowest BCUT2D eigenvalue weighted by atomic mass is 10.0. The maximum absolute atomic E-state index is 12.7. The molecule has 0 aliphatic carbocycles. The smallest absolute Gasteiger partial charge is 0.337 e. The molecule has 26 heavy (non-hydrogen) atoms. The van der Waals surface area contributed by atoms with Crippen molar-refractivity contribution in [3.8, 4) is 17.2 Å². The Labute approximate surface area is 149 Å². The van der Waals surface area contributed by atoms with Gasteiger partial charge in [0.15, 0.2) is 0 Å². The summed E-state index contributed by atoms with van der Waals surface area (Å²) in [7, 11) is 1.29. The highest BCUT2D eigenvalue weighted by molar-refractivity contribution is 6.00. The van der Waals surface area contributed by atoms with Crippen LogP contribution in [0.2, 0.25) is 0 Å². The van der Waals surface area contributed by atoms with E-state index in [0.29, 0.717) is 16.6 Å². The molecule has 0 saturated carbocycles. The second-order valence-electron chi connectivity index (χ2n) is 5.83. The molecule has 0 fully saturated rings. The summed E-state index contributed by atoms with van der Waals surface area (Å²) in [6.45, 7) is 0.122. The first kappa shape index (κ1) is 17.6. The Kier molecular flexibility index (Phi) is 4.99. The van der Waals surface area contributed by atoms with Crippen LogP contribution in [0.1, 0.15) is 22.3 Å². The fourth-order valence-corrected chi connectivity index (χ4v) is 2.94. The number of carbonyl (C=O) groups is 1. The fraction of sp³-hybridized carbons (Fsp3) is 0.200. The normalized spacial score (nSPS) is 10.9. The van der Waals surface area contributed by atoms with Gasteiger partial charge in [0, 0.05) is 35.6 Å². The quantitative estimate of drug-likeness (QED) is 0.628. The second-order valence-corrected chi connectivity index (χ2v) is 5.83. The SMILES string of the molecule is COC(=O)c1ccc2c(-c3cccc(C#N)c3)cn(CCC(F)F)c2c1. The standard InChI is InChI=1S/C20H16F2N2O2/c1-26-20(25)15-5-6-16-17(14-4-2-3-13(9-14)11-23)12-24(18(16)10-15)8-7-19(21)22/h2-6,9-10,12,19H,7-8H2,1H3. The van der Waals surface area contributed by atoms with Crippen LogP contribution in [0, 0.1) is 11.3 Å². The van der Waals surface area contributed by atoms with E-state index in [4.69, 9.17) is 10.00 Å². The largest absolute Gasteiger partial charge is 0.465 e. The minimum Gasteiger partial charge on any atom is -0.465 e. The predicted octanol–water partition coefficient (Wildman–Crippen LogP) is 4.62. The molecule has 2 aromatic carbocycles. The summed E-state index contributed by atoms with van der Waals surface area (Å²) in [5.74, 6) is -0.485. The van der Waals surface area contributed by atoms with Gasteiger partial charge in [-0.1, -0.05) is 18.2 Å². The van der Waals surface area contributed by atoms with Crippen molar-refractivity contribution in [2.45, 2.75) is 19.4 Å². The molecule has 1 aromatic heterocycles. The number of rotatable bonds is 5. The Morgan fingerprint density at radius 1 is 1.27 bits per heavy atom. The number of halogens is 2. The number of hydrogen-bond donors (Lipinski definition) is 0. The number of ether oxygens (including phenoxy) is 1. The zero-order valence-corrected chi connectivity index (χ0v) is 14.1. The molecule has 3 rings (SSSR count). The van der Waals surface area contributed by atoms with Crippen LogP contribution in [0.3, 0.4) is 0 Å². The molecule has 0 bridgehead atoms. The van der Waals surface area contributed by atoms with E-state index < -0.39 is 12.4 Å². The molecule has 0 aliphatic heterocycles. The third kappa shape index (κ3) is 3.42. The molecule has 0 atom stereocenters. The van der Waals surface area contributed by atoms with Gasteiger partial charge in [-0.2, -0.15) is 5.26 Å². The maximum atomic E-state index is 12.7. The molecule has 0 spiro atoms. The van der Waals surface area contributed by atoms with Crippen molar-refractivity contribution in [3.05, 3.63) is 59.8 Å². The summed E-state index contributed by atoms with van der Waals surface area (Å²) in [4.78, 5) is 11.8. The van der Waals surface area contributed by atoms with Crippen molar-refractivity contribution >= 4 is 16.9 Å². The molecule has 3 aromatic rings. The molecule has 0 unspecified atom stereocenters. The summed E-state index contributed by atoms with van der Waals surface area (Å²) in [5, 5.41) is 9.93. The minimum atomic E-state index is -2.42. The summed E-state index contributed by atoms with van der Waals surface area (Å²) >= 11 is 0. The zero-order valence-electron chi connectivity index (χ0n) is 14.1. The van der Waals surface area contributed by atoms with Crippen LogP contribution >= 0.6 is 0 Å². The third-order valence-corrected chi connectivity index (χ3v) is 4.19. The minimum absolute atomic E-state index is 0.122. The van der Waals surface area contributed by atoms with Crippen molar-refractivity contribution in [2.75, 3.05) is 7.11 Å². The number of esters is 1. The predicted molar refractivity (Wildman–Crippen MR) is 94.0 cm³/mol. The van der Waals surface area contributed by atoms with Crippen LogP contribution in [-0.2, 0) is 11.3 Å². The molecular weight excluding hydrogens is 338 g/mol. The van der Waals surface area contributed by atoms with Gasteiger partial charge in [-0.3, -0.25) is 0 Å². The number of nitrogens with zero attached hydrogens (tertiary/aromatic N) is 2. The van der Waals surface area contributed by atoms with Gasteiger partial charge in [0.05, 0.1) is 24.3 Å². The van der Waals surface area contributed by atoms with Gasteiger partial charge in [-0.25, -0.2) is 13.6 Å². The van der Waals surface area contributed by atoms with E-state index in [9.17, 15) is 13.6 Å². The van der Waals surface area contributed by atoms with E-state index in [1.54, 1.807) is 47.2 Å². The lowest BCUT2D eigenvalue weighted by Crippen LogP contribution is -2.03. The molecule has 0 N–H and O–H groups in total. The van der Waals surface area contributed by atoms with Crippen molar-refractivity contribution in [1.29, 1.82) is 5.26 Å². The van der Waals surface area contributed by atoms with Gasteiger partial charge in [-0.05, 0) is 29.8 Å². The molecular formula is C20H16F2N2O2. The van der Waals surface area contributed by atoms with Gasteiger partial charge in [0.25, 0.3) is 0 Å². The molecule has 0 radical (unpaired) electrons. The van der Waals surface area contributed by atoms with Gasteiger partial charge >= 0.3 is 5.97 Å². The second kappa shape index (κ2) is 7.36. The number of nitriles is 1. The monoisotopic (exact) mass is 354 g/mol. The Morgan fingerprint density at radius 2 is 2.08 bits per heavy atom. The van der Waals surface area contributed by atoms with Gasteiger partial charge in [0.1, 0.15) is 0 Å². The van der Waals surface area contributed by atoms with Gasteiger partial charge < -0.3 is 9.30 Å². The first-order valence-corrected chi connectivity index (χ1v) is 8.03. The van der Waals surface area contributed by atoms with Crippen LogP contribution < -0.4 is 0 Å². The van der Waals surface area contributed by atoms with E-state index in [2.05, 4.69) is 6.07 Å². The van der Waals surface area contributed by atoms with Crippen LogP contribution in [0.5, 0.6) is 0 Å². The number of aromatic nitrogens is 1. The molecule has 1 heterocycles. The van der Waals surface area contributed by atoms with E-state index in [0.717, 1.165) is 16.5 Å². The number of aryl methyl sites for hydroxylation is 1. The lowest BCUT2D eigenvalue weighted by Gasteiger charge is -2.06. The van der Waals surface area contributed by atoms with Crippen molar-refractivity contribution in [3.63, 3.8) is 0 Å². The average molecular weight is 354 g/mol. The zero-order chi connectivity index (χ0) is 18.7. The first-order valence-electron chi connectivity index (χ1n) is 8.03. The first-order chi connectivity index (χ1) is 12.5. The molecule has 6 heteroatoms. The summed E-state index contributed by atoms with van der Waals surface area (Å²) in [6, 6.07) is 14.2. The summed E-state index contributed by atoms with van der Waals surface area (Å²) < 4.78 is 31.8. The molecule has 0 amide bonds. The van der Waals surface area contributed by atoms with Crippen molar-refractivity contribution in [1.82, 2.24) is 4.57 Å². The highest BCUT2D eigenvalue weighted by Crippen LogP contribution is 2.32. The van der Waals surface area contributed by atoms with Crippen LogP contribution in [0.25, 0.3) is 22.0 Å². The number of carbonyl (C=O) groups excluding carboxylic acids is 1. The Morgan fingerprint density at radius 3 is 2.77 bits per heavy atom. The van der Waals surface area contributed by atoms with E-state index >= 15 is 0 Å². The maximum Gasteiger partial charge on any atom is 0.337 e. The fourth-order valence-electron chi connectivity index (χ4n) is 2.94. The highest BCUT2D eigenvalue weighted by Gasteiger charge is 2.15. The molecule has 4 nitrogen and oxygen atoms in total. The summed E-state index contributed by atoms with van der Waals surface area (Å²) in [6.07, 6.45) is -0.921. The van der Waals surface area contributed by atoms with E-state index in [1.165, 1.54) is 7.11 Å². The number of hydrogen-bond acceptors (Lipinski definition) is 3. The average Bonchev–Trinajstić information content (AvgIpc) is 3.03. The third-order valence-electron chi connectivity index (χ3n) is 4.19. The van der Waals surface area contributed by atoms with E-state index in [-0.39, 0.29) is 13.0 Å². The van der Waals surface area contributed by atoms with Crippen molar-refractivity contribution < 1.29 is 18.3 Å². The summed E-state index contributed by atoms with van der Waals surface area (Å²) in [5.41, 5.74) is 3.18. The molecule has 0 saturated heterocycles. The Balaban J connectivity index is 2.17. The van der Waals surface area contributed by atoms with E-state index in [1.807, 2.05) is 6.07 Å². The van der Waals surface area contributed by atoms with Gasteiger partial charge in [0.2, 0.25) is 6.43 Å². The molecule has 0 aliphatic rings. The Hall–Kier alpha value is -3.20. The molecule has 132 valence electrons. The number of methoxy groups -OCH3 is 1. The highest BCUT2D eigenvalue weighted by atomic mass is 19.3. The van der Waals surface area contributed by atoms with Crippen LogP contribution in [-0.4, -0.2) is 24.1 Å². The topological polar surface area (TPSA) is 55.0 Å². The van der Waals surface area contributed by atoms with Crippen molar-refractivity contribution in [2.24, 2.45) is 0 Å². The number of fused-ring (bicyclic) bond motifs is 1. The van der Waals surface area contributed by atoms with Crippen LogP contribution in [0.4, 0.5) is 8.78 Å². The van der Waals surface area contributed by atoms with Gasteiger partial charge in [-0.15, -0.1) is 0 Å². The number of alkyl halides is 2. The lowest BCUT2D eigenvalue weighted by molar-refractivity contribution is 0.0601. The number of benzene rings is 2. The Bertz CT molecular complexity index is 1000. The van der Waals surface area contributed by atoms with Crippen LogP contribution in [0.15, 0.2) is 48.7 Å².